The molecular formula is C17H29N3O. The molecule has 0 aromatic carbocycles. The van der Waals surface area contributed by atoms with E-state index in [9.17, 15) is 4.79 Å². The van der Waals surface area contributed by atoms with Crippen LogP contribution in [0.1, 0.15) is 32.1 Å². The van der Waals surface area contributed by atoms with Crippen LogP contribution in [0.15, 0.2) is 0 Å². The average molecular weight is 291 g/mol. The topological polar surface area (TPSA) is 26.8 Å². The van der Waals surface area contributed by atoms with Crippen LogP contribution in [0, 0.1) is 17.3 Å². The smallest absolute Gasteiger partial charge is 0.228 e. The van der Waals surface area contributed by atoms with Gasteiger partial charge in [0.25, 0.3) is 0 Å². The average Bonchev–Trinajstić information content (AvgIpc) is 3.11. The second-order valence-corrected chi connectivity index (χ2v) is 8.16. The highest BCUT2D eigenvalue weighted by Gasteiger charge is 2.48. The number of rotatable bonds is 2. The maximum atomic E-state index is 12.4. The normalized spacial score (nSPS) is 39.8. The van der Waals surface area contributed by atoms with Gasteiger partial charge in [-0.25, -0.2) is 0 Å². The highest BCUT2D eigenvalue weighted by Crippen LogP contribution is 2.44. The van der Waals surface area contributed by atoms with Crippen molar-refractivity contribution in [3.63, 3.8) is 0 Å². The van der Waals surface area contributed by atoms with Gasteiger partial charge in [-0.1, -0.05) is 0 Å². The molecule has 3 aliphatic heterocycles. The molecule has 1 amide bonds. The van der Waals surface area contributed by atoms with Crippen molar-refractivity contribution in [1.82, 2.24) is 14.7 Å². The van der Waals surface area contributed by atoms with E-state index in [2.05, 4.69) is 16.8 Å². The first-order chi connectivity index (χ1) is 10.1. The van der Waals surface area contributed by atoms with Gasteiger partial charge in [-0.3, -0.25) is 4.79 Å². The third-order valence-corrected chi connectivity index (χ3v) is 6.90. The van der Waals surface area contributed by atoms with E-state index in [-0.39, 0.29) is 5.41 Å². The second kappa shape index (κ2) is 4.95. The lowest BCUT2D eigenvalue weighted by Crippen LogP contribution is -2.47. The van der Waals surface area contributed by atoms with E-state index in [0.29, 0.717) is 5.91 Å². The Morgan fingerprint density at radius 2 is 1.81 bits per heavy atom. The van der Waals surface area contributed by atoms with E-state index in [0.717, 1.165) is 56.8 Å². The Kier molecular flexibility index (Phi) is 3.30. The van der Waals surface area contributed by atoms with Gasteiger partial charge in [0.05, 0.1) is 5.41 Å². The zero-order valence-corrected chi connectivity index (χ0v) is 13.6. The molecule has 1 saturated carbocycles. The lowest BCUT2D eigenvalue weighted by Gasteiger charge is -2.40. The molecule has 0 N–H and O–H groups in total. The molecule has 4 rings (SSSR count). The molecule has 1 aliphatic carbocycles. The maximum absolute atomic E-state index is 12.4. The van der Waals surface area contributed by atoms with Crippen LogP contribution >= 0.6 is 0 Å². The van der Waals surface area contributed by atoms with Crippen LogP contribution in [-0.4, -0.2) is 73.5 Å². The fourth-order valence-corrected chi connectivity index (χ4v) is 5.60. The molecule has 118 valence electrons. The largest absolute Gasteiger partial charge is 0.345 e. The number of amides is 1. The van der Waals surface area contributed by atoms with Crippen LogP contribution in [0.2, 0.25) is 0 Å². The molecule has 4 aliphatic rings. The zero-order valence-electron chi connectivity index (χ0n) is 13.6. The van der Waals surface area contributed by atoms with Crippen molar-refractivity contribution in [3.8, 4) is 0 Å². The number of hydrogen-bond donors (Lipinski definition) is 0. The monoisotopic (exact) mass is 291 g/mol. The number of likely N-dealkylation sites (tertiary alicyclic amines) is 3. The predicted octanol–water partition coefficient (Wildman–Crippen LogP) is 1.27. The van der Waals surface area contributed by atoms with Gasteiger partial charge in [0, 0.05) is 32.7 Å². The lowest BCUT2D eigenvalue weighted by atomic mass is 9.77. The molecule has 3 heterocycles. The standard InChI is InChI=1S/C17H29N3O/c1-18-6-3-17(16(18)21)4-7-20(8-5-17)12-14-9-13-10-15(14)19(2)11-13/h13-15H,3-12H2,1-2H3. The molecule has 4 fully saturated rings. The summed E-state index contributed by atoms with van der Waals surface area (Å²) in [5.41, 5.74) is 0.0106. The highest BCUT2D eigenvalue weighted by molar-refractivity contribution is 5.84. The Morgan fingerprint density at radius 1 is 1.10 bits per heavy atom. The van der Waals surface area contributed by atoms with Gasteiger partial charge in [0.2, 0.25) is 5.91 Å². The Morgan fingerprint density at radius 3 is 2.38 bits per heavy atom. The number of fused-ring (bicyclic) bond motifs is 2. The van der Waals surface area contributed by atoms with E-state index in [1.165, 1.54) is 25.9 Å². The van der Waals surface area contributed by atoms with E-state index >= 15 is 0 Å². The molecule has 0 aromatic heterocycles. The maximum Gasteiger partial charge on any atom is 0.228 e. The van der Waals surface area contributed by atoms with Gasteiger partial charge in [-0.2, -0.15) is 0 Å². The summed E-state index contributed by atoms with van der Waals surface area (Å²) in [6, 6.07) is 0.838. The molecule has 4 heteroatoms. The number of carbonyl (C=O) groups excluding carboxylic acids is 1. The van der Waals surface area contributed by atoms with E-state index in [4.69, 9.17) is 0 Å². The minimum absolute atomic E-state index is 0.0106. The van der Waals surface area contributed by atoms with Gasteiger partial charge in [-0.15, -0.1) is 0 Å². The van der Waals surface area contributed by atoms with Crippen molar-refractivity contribution in [2.45, 2.75) is 38.1 Å². The molecule has 0 radical (unpaired) electrons. The SMILES string of the molecule is CN1CCC2(CCN(CC3CC4CC3N(C)C4)CC2)C1=O. The minimum atomic E-state index is 0.0106. The summed E-state index contributed by atoms with van der Waals surface area (Å²) < 4.78 is 0. The zero-order chi connectivity index (χ0) is 14.6. The number of carbonyl (C=O) groups is 1. The fraction of sp³-hybridized carbons (Fsp3) is 0.941. The van der Waals surface area contributed by atoms with Crippen molar-refractivity contribution in [3.05, 3.63) is 0 Å². The summed E-state index contributed by atoms with van der Waals surface area (Å²) in [4.78, 5) is 19.6. The van der Waals surface area contributed by atoms with Gasteiger partial charge in [-0.05, 0) is 64.1 Å². The Balaban J connectivity index is 1.33. The summed E-state index contributed by atoms with van der Waals surface area (Å²) in [5, 5.41) is 0. The van der Waals surface area contributed by atoms with Crippen molar-refractivity contribution in [1.29, 1.82) is 0 Å². The summed E-state index contributed by atoms with van der Waals surface area (Å²) in [5.74, 6) is 2.26. The Bertz CT molecular complexity index is 430. The molecule has 0 aromatic rings. The molecular weight excluding hydrogens is 262 g/mol. The minimum Gasteiger partial charge on any atom is -0.345 e. The van der Waals surface area contributed by atoms with Crippen molar-refractivity contribution < 1.29 is 4.79 Å². The summed E-state index contributed by atoms with van der Waals surface area (Å²) in [7, 11) is 4.27. The number of piperidine rings is 2. The molecule has 3 atom stereocenters. The fourth-order valence-electron chi connectivity index (χ4n) is 5.60. The van der Waals surface area contributed by atoms with Crippen molar-refractivity contribution in [2.75, 3.05) is 46.8 Å². The third-order valence-electron chi connectivity index (χ3n) is 6.90. The molecule has 3 unspecified atom stereocenters. The highest BCUT2D eigenvalue weighted by atomic mass is 16.2. The van der Waals surface area contributed by atoms with Crippen LogP contribution in [0.4, 0.5) is 0 Å². The summed E-state index contributed by atoms with van der Waals surface area (Å²) in [6.07, 6.45) is 6.15. The van der Waals surface area contributed by atoms with Gasteiger partial charge in [0.15, 0.2) is 0 Å². The first kappa shape index (κ1) is 14.0. The molecule has 2 bridgehead atoms. The van der Waals surface area contributed by atoms with E-state index < -0.39 is 0 Å². The molecule has 1 spiro atoms. The first-order valence-corrected chi connectivity index (χ1v) is 8.75. The third kappa shape index (κ3) is 2.22. The van der Waals surface area contributed by atoms with Crippen molar-refractivity contribution >= 4 is 5.91 Å². The number of nitrogens with zero attached hydrogens (tertiary/aromatic N) is 3. The van der Waals surface area contributed by atoms with Crippen LogP contribution in [0.25, 0.3) is 0 Å². The van der Waals surface area contributed by atoms with E-state index in [1.807, 2.05) is 11.9 Å². The van der Waals surface area contributed by atoms with Gasteiger partial charge >= 0.3 is 0 Å². The Hall–Kier alpha value is -0.610. The van der Waals surface area contributed by atoms with Crippen molar-refractivity contribution in [2.24, 2.45) is 17.3 Å². The number of hydrogen-bond acceptors (Lipinski definition) is 3. The van der Waals surface area contributed by atoms with Crippen LogP contribution in [0.3, 0.4) is 0 Å². The van der Waals surface area contributed by atoms with Gasteiger partial charge < -0.3 is 14.7 Å². The lowest BCUT2D eigenvalue weighted by molar-refractivity contribution is -0.137. The molecule has 3 saturated heterocycles. The Labute approximate surface area is 128 Å². The predicted molar refractivity (Wildman–Crippen MR) is 83.0 cm³/mol. The van der Waals surface area contributed by atoms with Gasteiger partial charge in [0.1, 0.15) is 0 Å². The van der Waals surface area contributed by atoms with E-state index in [1.54, 1.807) is 0 Å². The summed E-state index contributed by atoms with van der Waals surface area (Å²) >= 11 is 0. The first-order valence-electron chi connectivity index (χ1n) is 8.75. The molecule has 21 heavy (non-hydrogen) atoms. The summed E-state index contributed by atoms with van der Waals surface area (Å²) in [6.45, 7) is 5.83. The second-order valence-electron chi connectivity index (χ2n) is 8.16. The van der Waals surface area contributed by atoms with Crippen LogP contribution < -0.4 is 0 Å². The van der Waals surface area contributed by atoms with Crippen LogP contribution in [-0.2, 0) is 4.79 Å². The quantitative estimate of drug-likeness (QED) is 0.766. The molecule has 4 nitrogen and oxygen atoms in total. The van der Waals surface area contributed by atoms with Crippen LogP contribution in [0.5, 0.6) is 0 Å².